The number of anilines is 2. The lowest BCUT2D eigenvalue weighted by Crippen LogP contribution is -2.31. The Kier molecular flexibility index (Phi) is 8.89. The number of hydrogen-bond acceptors (Lipinski definition) is 6. The average molecular weight is 474 g/mol. The highest BCUT2D eigenvalue weighted by atomic mass is 32.1. The zero-order chi connectivity index (χ0) is 24.5. The summed E-state index contributed by atoms with van der Waals surface area (Å²) in [6, 6.07) is 8.67. The first-order valence-corrected chi connectivity index (χ1v) is 10.5. The van der Waals surface area contributed by atoms with Gasteiger partial charge in [0.25, 0.3) is 17.9 Å². The summed E-state index contributed by atoms with van der Waals surface area (Å²) in [5, 5.41) is 14.1. The van der Waals surface area contributed by atoms with Crippen LogP contribution in [-0.4, -0.2) is 36.4 Å². The molecule has 11 heteroatoms. The van der Waals surface area contributed by atoms with Gasteiger partial charge in [-0.05, 0) is 25.1 Å². The Balaban J connectivity index is 2.47. The molecule has 0 atom stereocenters. The molecule has 0 aliphatic carbocycles. The first kappa shape index (κ1) is 25.3. The van der Waals surface area contributed by atoms with Crippen molar-refractivity contribution in [3.63, 3.8) is 0 Å². The lowest BCUT2D eigenvalue weighted by atomic mass is 10.2. The van der Waals surface area contributed by atoms with Gasteiger partial charge in [0, 0.05) is 38.1 Å². The number of nitrogens with one attached hydrogen (secondary N) is 2. The summed E-state index contributed by atoms with van der Waals surface area (Å²) in [6.07, 6.45) is -1.33. The van der Waals surface area contributed by atoms with Gasteiger partial charge < -0.3 is 15.5 Å². The number of rotatable bonds is 7. The minimum atomic E-state index is -2.76. The van der Waals surface area contributed by atoms with Gasteiger partial charge >= 0.3 is 0 Å². The molecule has 0 aliphatic heterocycles. The molecule has 0 saturated carbocycles. The van der Waals surface area contributed by atoms with Crippen LogP contribution in [0.25, 0.3) is 11.5 Å². The number of benzene rings is 1. The third-order valence-corrected chi connectivity index (χ3v) is 5.35. The van der Waals surface area contributed by atoms with Crippen LogP contribution in [0, 0.1) is 11.3 Å². The molecule has 0 unspecified atom stereocenters. The molecule has 2 rings (SSSR count). The summed E-state index contributed by atoms with van der Waals surface area (Å²) in [5.41, 5.74) is 5.79. The van der Waals surface area contributed by atoms with E-state index in [2.05, 4.69) is 16.8 Å². The second-order valence-electron chi connectivity index (χ2n) is 6.56. The zero-order valence-electron chi connectivity index (χ0n) is 18.1. The molecule has 0 fully saturated rings. The summed E-state index contributed by atoms with van der Waals surface area (Å²) in [4.78, 5) is 37.5. The van der Waals surface area contributed by atoms with E-state index in [-0.39, 0.29) is 21.6 Å². The van der Waals surface area contributed by atoms with E-state index in [1.807, 2.05) is 5.32 Å². The maximum absolute atomic E-state index is 12.6. The highest BCUT2D eigenvalue weighted by molar-refractivity contribution is 7.07. The maximum Gasteiger partial charge on any atom is 0.277 e. The summed E-state index contributed by atoms with van der Waals surface area (Å²) in [6.45, 7) is 2.49. The molecule has 172 valence electrons. The lowest BCUT2D eigenvalue weighted by Gasteiger charge is -2.15. The lowest BCUT2D eigenvalue weighted by molar-refractivity contribution is -0.118. The second-order valence-corrected chi connectivity index (χ2v) is 7.56. The smallest absolute Gasteiger partial charge is 0.277 e. The van der Waals surface area contributed by atoms with Gasteiger partial charge in [-0.1, -0.05) is 28.9 Å². The molecule has 33 heavy (non-hydrogen) atoms. The van der Waals surface area contributed by atoms with Gasteiger partial charge in [-0.3, -0.25) is 19.0 Å². The largest absolute Gasteiger partial charge is 0.355 e. The topological polar surface area (TPSA) is 107 Å². The minimum absolute atomic E-state index is 0.121. The van der Waals surface area contributed by atoms with Crippen molar-refractivity contribution in [2.75, 3.05) is 23.8 Å². The van der Waals surface area contributed by atoms with Gasteiger partial charge in [0.2, 0.25) is 5.91 Å². The number of alkyl halides is 2. The van der Waals surface area contributed by atoms with E-state index in [9.17, 15) is 28.4 Å². The van der Waals surface area contributed by atoms with Gasteiger partial charge in [-0.25, -0.2) is 8.78 Å². The molecule has 0 bridgehead atoms. The molecule has 2 amide bonds. The molecule has 1 aromatic heterocycles. The third-order valence-electron chi connectivity index (χ3n) is 4.34. The minimum Gasteiger partial charge on any atom is -0.355 e. The Morgan fingerprint density at radius 3 is 2.70 bits per heavy atom. The first-order valence-electron chi connectivity index (χ1n) is 9.71. The molecule has 0 saturated heterocycles. The number of halogens is 2. The molecular weight excluding hydrogens is 452 g/mol. The number of nitriles is 1. The van der Waals surface area contributed by atoms with Gasteiger partial charge in [0.1, 0.15) is 15.3 Å². The highest BCUT2D eigenvalue weighted by Gasteiger charge is 2.12. The van der Waals surface area contributed by atoms with Crippen molar-refractivity contribution < 1.29 is 18.4 Å². The molecule has 0 radical (unpaired) electrons. The van der Waals surface area contributed by atoms with Crippen molar-refractivity contribution in [1.82, 2.24) is 9.88 Å². The van der Waals surface area contributed by atoms with Crippen LogP contribution in [0.4, 0.5) is 20.2 Å². The summed E-state index contributed by atoms with van der Waals surface area (Å²) < 4.78 is 26.3. The fourth-order valence-electron chi connectivity index (χ4n) is 2.55. The predicted octanol–water partition coefficient (Wildman–Crippen LogP) is 1.13. The Morgan fingerprint density at radius 1 is 1.36 bits per heavy atom. The number of carbonyl (C=O) groups excluding carboxylic acids is 2. The molecule has 1 heterocycles. The Labute approximate surface area is 192 Å². The Morgan fingerprint density at radius 2 is 2.09 bits per heavy atom. The predicted molar refractivity (Wildman–Crippen MR) is 122 cm³/mol. The summed E-state index contributed by atoms with van der Waals surface area (Å²) in [5.74, 6) is -1.12. The molecular formula is C22H21F2N5O3S. The fourth-order valence-corrected chi connectivity index (χ4v) is 3.54. The molecule has 1 aromatic carbocycles. The monoisotopic (exact) mass is 473 g/mol. The molecule has 2 aromatic rings. The van der Waals surface area contributed by atoms with E-state index >= 15 is 0 Å². The highest BCUT2D eigenvalue weighted by Crippen LogP contribution is 2.18. The van der Waals surface area contributed by atoms with Crippen molar-refractivity contribution in [3.05, 3.63) is 55.6 Å². The second kappa shape index (κ2) is 11.6. The van der Waals surface area contributed by atoms with E-state index in [1.165, 1.54) is 22.6 Å². The van der Waals surface area contributed by atoms with Crippen molar-refractivity contribution in [2.45, 2.75) is 26.8 Å². The first-order chi connectivity index (χ1) is 15.7. The number of nitrogens with zero attached hydrogens (tertiary/aromatic N) is 3. The van der Waals surface area contributed by atoms with Crippen LogP contribution >= 0.6 is 11.3 Å². The number of hydrogen-bond donors (Lipinski definition) is 2. The van der Waals surface area contributed by atoms with Crippen molar-refractivity contribution >= 4 is 46.0 Å². The van der Waals surface area contributed by atoms with Crippen LogP contribution in [0.2, 0.25) is 0 Å². The van der Waals surface area contributed by atoms with Crippen LogP contribution in [0.15, 0.2) is 40.8 Å². The van der Waals surface area contributed by atoms with Crippen molar-refractivity contribution in [3.8, 4) is 6.07 Å². The van der Waals surface area contributed by atoms with E-state index in [0.29, 0.717) is 11.4 Å². The van der Waals surface area contributed by atoms with Crippen molar-refractivity contribution in [1.29, 1.82) is 5.26 Å². The fraction of sp³-hybridized carbons (Fsp3) is 0.273. The number of thiazole rings is 1. The summed E-state index contributed by atoms with van der Waals surface area (Å²) in [7, 11) is 1.65. The SMILES string of the molecule is CCn1c(=C=C(C#N)C(=O)NCC(F)F)sc(=C=CNc2cccc(N(C)C(C)=O)c2)c1=O. The zero-order valence-corrected chi connectivity index (χ0v) is 18.9. The van der Waals surface area contributed by atoms with Gasteiger partial charge in [-0.2, -0.15) is 5.26 Å². The van der Waals surface area contributed by atoms with E-state index in [1.54, 1.807) is 44.3 Å². The maximum atomic E-state index is 12.6. The quantitative estimate of drug-likeness (QED) is 0.463. The van der Waals surface area contributed by atoms with Crippen LogP contribution in [0.5, 0.6) is 0 Å². The van der Waals surface area contributed by atoms with Crippen LogP contribution in [0.1, 0.15) is 13.8 Å². The van der Waals surface area contributed by atoms with Gasteiger partial charge in [0.15, 0.2) is 5.57 Å². The van der Waals surface area contributed by atoms with E-state index in [0.717, 1.165) is 11.3 Å². The van der Waals surface area contributed by atoms with Gasteiger partial charge in [-0.15, -0.1) is 0 Å². The van der Waals surface area contributed by atoms with E-state index < -0.39 is 30.0 Å². The summed E-state index contributed by atoms with van der Waals surface area (Å²) >= 11 is 0.947. The van der Waals surface area contributed by atoms with Crippen LogP contribution < -0.4 is 30.3 Å². The Bertz CT molecular complexity index is 1340. The van der Waals surface area contributed by atoms with Gasteiger partial charge in [0.05, 0.1) is 6.54 Å². The molecule has 2 N–H and O–H groups in total. The third kappa shape index (κ3) is 6.76. The van der Waals surface area contributed by atoms with Crippen molar-refractivity contribution in [2.24, 2.45) is 0 Å². The average Bonchev–Trinajstić information content (AvgIpc) is 3.09. The standard InChI is InChI=1S/C22H21F2N5O3S/c1-4-29-20(10-15(12-25)21(31)27-13-19(23)24)33-18(22(29)32)8-9-26-16-6-5-7-17(11-16)28(3)14(2)30/h5-7,9,11,19,26H,4,13H2,1-3H3,(H,27,31). The number of amides is 2. The van der Waals surface area contributed by atoms with Crippen LogP contribution in [-0.2, 0) is 16.1 Å². The molecule has 0 spiro atoms. The van der Waals surface area contributed by atoms with E-state index in [4.69, 9.17) is 0 Å². The molecule has 8 nitrogen and oxygen atoms in total. The number of aromatic nitrogens is 1. The normalized spacial score (nSPS) is 9.97. The Hall–Kier alpha value is -3.96. The molecule has 0 aliphatic rings. The van der Waals surface area contributed by atoms with Crippen LogP contribution in [0.3, 0.4) is 0 Å². The number of carbonyl (C=O) groups is 2.